The Morgan fingerprint density at radius 3 is 1.96 bits per heavy atom. The van der Waals surface area contributed by atoms with Crippen LogP contribution in [0.1, 0.15) is 38.0 Å². The van der Waals surface area contributed by atoms with E-state index in [9.17, 15) is 9.59 Å². The predicted octanol–water partition coefficient (Wildman–Crippen LogP) is 4.13. The summed E-state index contributed by atoms with van der Waals surface area (Å²) in [6, 6.07) is 18.7. The third-order valence-electron chi connectivity index (χ3n) is 3.55. The molecule has 0 amide bonds. The minimum atomic E-state index is -0.780. The molecule has 0 bridgehead atoms. The lowest BCUT2D eigenvalue weighted by Gasteiger charge is -2.30. The normalized spacial score (nSPS) is 12.5. The van der Waals surface area contributed by atoms with E-state index in [-0.39, 0.29) is 11.8 Å². The first-order valence-electron chi connectivity index (χ1n) is 7.70. The second-order valence-corrected chi connectivity index (χ2v) is 6.65. The first-order chi connectivity index (χ1) is 10.9. The van der Waals surface area contributed by atoms with E-state index in [2.05, 4.69) is 0 Å². The number of esters is 1. The zero-order valence-electron chi connectivity index (χ0n) is 13.8. The molecule has 2 aromatic carbocycles. The van der Waals surface area contributed by atoms with E-state index in [4.69, 9.17) is 4.74 Å². The van der Waals surface area contributed by atoms with Crippen molar-refractivity contribution >= 4 is 11.8 Å². The fourth-order valence-electron chi connectivity index (χ4n) is 2.40. The molecule has 0 heterocycles. The van der Waals surface area contributed by atoms with Gasteiger partial charge in [-0.25, -0.2) is 4.79 Å². The summed E-state index contributed by atoms with van der Waals surface area (Å²) in [6.45, 7) is 5.96. The Kier molecular flexibility index (Phi) is 5.32. The number of carbonyl (C=O) groups excluding carboxylic acids is 2. The topological polar surface area (TPSA) is 43.4 Å². The highest BCUT2D eigenvalue weighted by atomic mass is 16.5. The summed E-state index contributed by atoms with van der Waals surface area (Å²) < 4.78 is 5.55. The van der Waals surface area contributed by atoms with Gasteiger partial charge in [-0.05, 0) is 11.1 Å². The Hall–Kier alpha value is -2.42. The van der Waals surface area contributed by atoms with E-state index >= 15 is 0 Å². The molecule has 0 aromatic heterocycles. The molecule has 0 radical (unpaired) electrons. The first-order valence-corrected chi connectivity index (χ1v) is 7.70. The SMILES string of the molecule is CC(C)(C)C(OC(=O)C(=O)Cc1ccccc1)c1ccccc1. The van der Waals surface area contributed by atoms with Gasteiger partial charge in [-0.1, -0.05) is 81.4 Å². The van der Waals surface area contributed by atoms with Crippen LogP contribution in [0.15, 0.2) is 60.7 Å². The zero-order valence-corrected chi connectivity index (χ0v) is 13.8. The van der Waals surface area contributed by atoms with E-state index in [1.807, 2.05) is 81.4 Å². The number of benzene rings is 2. The van der Waals surface area contributed by atoms with Crippen molar-refractivity contribution in [2.75, 3.05) is 0 Å². The Morgan fingerprint density at radius 1 is 0.913 bits per heavy atom. The van der Waals surface area contributed by atoms with Gasteiger partial charge in [0.05, 0.1) is 0 Å². The summed E-state index contributed by atoms with van der Waals surface area (Å²) in [5.41, 5.74) is 1.40. The van der Waals surface area contributed by atoms with Crippen molar-refractivity contribution < 1.29 is 14.3 Å². The Morgan fingerprint density at radius 2 is 1.43 bits per heavy atom. The van der Waals surface area contributed by atoms with Gasteiger partial charge in [0.15, 0.2) is 0 Å². The van der Waals surface area contributed by atoms with Crippen LogP contribution in [0.4, 0.5) is 0 Å². The van der Waals surface area contributed by atoms with Gasteiger partial charge >= 0.3 is 5.97 Å². The van der Waals surface area contributed by atoms with Crippen molar-refractivity contribution in [3.8, 4) is 0 Å². The van der Waals surface area contributed by atoms with E-state index in [1.165, 1.54) is 0 Å². The molecule has 2 rings (SSSR count). The second-order valence-electron chi connectivity index (χ2n) is 6.65. The van der Waals surface area contributed by atoms with Gasteiger partial charge in [-0.15, -0.1) is 0 Å². The van der Waals surface area contributed by atoms with Gasteiger partial charge in [-0.2, -0.15) is 0 Å². The van der Waals surface area contributed by atoms with Crippen LogP contribution in [-0.4, -0.2) is 11.8 Å². The quantitative estimate of drug-likeness (QED) is 0.616. The summed E-state index contributed by atoms with van der Waals surface area (Å²) >= 11 is 0. The van der Waals surface area contributed by atoms with Crippen molar-refractivity contribution in [3.63, 3.8) is 0 Å². The maximum atomic E-state index is 12.2. The lowest BCUT2D eigenvalue weighted by molar-refractivity contribution is -0.162. The fourth-order valence-corrected chi connectivity index (χ4v) is 2.40. The van der Waals surface area contributed by atoms with Gasteiger partial charge in [0, 0.05) is 11.8 Å². The molecule has 0 N–H and O–H groups in total. The summed E-state index contributed by atoms with van der Waals surface area (Å²) in [7, 11) is 0. The smallest absolute Gasteiger partial charge is 0.375 e. The second kappa shape index (κ2) is 7.23. The number of rotatable bonds is 5. The van der Waals surface area contributed by atoms with Crippen LogP contribution >= 0.6 is 0 Å². The average molecular weight is 310 g/mol. The molecule has 2 aromatic rings. The van der Waals surface area contributed by atoms with Crippen LogP contribution < -0.4 is 0 Å². The van der Waals surface area contributed by atoms with Crippen molar-refractivity contribution in [3.05, 3.63) is 71.8 Å². The van der Waals surface area contributed by atoms with Gasteiger partial charge in [0.25, 0.3) is 0 Å². The van der Waals surface area contributed by atoms with Crippen LogP contribution in [0.25, 0.3) is 0 Å². The van der Waals surface area contributed by atoms with Crippen molar-refractivity contribution in [1.29, 1.82) is 0 Å². The van der Waals surface area contributed by atoms with Gasteiger partial charge in [0.2, 0.25) is 5.78 Å². The van der Waals surface area contributed by atoms with Crippen molar-refractivity contribution in [1.82, 2.24) is 0 Å². The number of Topliss-reactive ketones (excluding diaryl/α,β-unsaturated/α-hetero) is 1. The number of ketones is 1. The maximum Gasteiger partial charge on any atom is 0.375 e. The molecule has 0 aliphatic carbocycles. The van der Waals surface area contributed by atoms with Gasteiger partial charge in [0.1, 0.15) is 6.10 Å². The van der Waals surface area contributed by atoms with E-state index in [0.29, 0.717) is 0 Å². The van der Waals surface area contributed by atoms with Crippen molar-refractivity contribution in [2.45, 2.75) is 33.3 Å². The maximum absolute atomic E-state index is 12.2. The van der Waals surface area contributed by atoms with Gasteiger partial charge < -0.3 is 4.74 Å². The highest BCUT2D eigenvalue weighted by Gasteiger charge is 2.31. The van der Waals surface area contributed by atoms with Gasteiger partial charge in [-0.3, -0.25) is 4.79 Å². The molecule has 0 fully saturated rings. The molecule has 23 heavy (non-hydrogen) atoms. The van der Waals surface area contributed by atoms with Crippen LogP contribution in [0.2, 0.25) is 0 Å². The molecule has 0 saturated carbocycles. The number of hydrogen-bond acceptors (Lipinski definition) is 3. The minimum Gasteiger partial charge on any atom is -0.451 e. The summed E-state index contributed by atoms with van der Waals surface area (Å²) in [6.07, 6.45) is -0.401. The first kappa shape index (κ1) is 16.9. The molecule has 0 aliphatic heterocycles. The summed E-state index contributed by atoms with van der Waals surface area (Å²) in [5, 5.41) is 0. The molecule has 1 atom stereocenters. The molecule has 0 spiro atoms. The molecular weight excluding hydrogens is 288 g/mol. The molecule has 3 nitrogen and oxygen atoms in total. The van der Waals surface area contributed by atoms with Crippen LogP contribution in [0, 0.1) is 5.41 Å². The highest BCUT2D eigenvalue weighted by Crippen LogP contribution is 2.36. The molecule has 0 saturated heterocycles. The minimum absolute atomic E-state index is 0.0608. The Balaban J connectivity index is 2.10. The lowest BCUT2D eigenvalue weighted by Crippen LogP contribution is -2.28. The number of hydrogen-bond donors (Lipinski definition) is 0. The summed E-state index contributed by atoms with van der Waals surface area (Å²) in [5.74, 6) is -1.31. The standard InChI is InChI=1S/C20H22O3/c1-20(2,3)18(16-12-8-5-9-13-16)23-19(22)17(21)14-15-10-6-4-7-11-15/h4-13,18H,14H2,1-3H3. The molecule has 0 aliphatic rings. The molecule has 3 heteroatoms. The predicted molar refractivity (Wildman–Crippen MR) is 89.9 cm³/mol. The summed E-state index contributed by atoms with van der Waals surface area (Å²) in [4.78, 5) is 24.3. The van der Waals surface area contributed by atoms with Crippen LogP contribution in [0.3, 0.4) is 0 Å². The van der Waals surface area contributed by atoms with E-state index in [0.717, 1.165) is 11.1 Å². The van der Waals surface area contributed by atoms with E-state index < -0.39 is 17.9 Å². The Labute approximate surface area is 137 Å². The number of ether oxygens (including phenoxy) is 1. The van der Waals surface area contributed by atoms with E-state index in [1.54, 1.807) is 0 Å². The molecule has 1 unspecified atom stereocenters. The van der Waals surface area contributed by atoms with Crippen LogP contribution in [0.5, 0.6) is 0 Å². The molecule has 120 valence electrons. The highest BCUT2D eigenvalue weighted by molar-refractivity contribution is 6.34. The fraction of sp³-hybridized carbons (Fsp3) is 0.300. The third kappa shape index (κ3) is 4.78. The third-order valence-corrected chi connectivity index (χ3v) is 3.55. The largest absolute Gasteiger partial charge is 0.451 e. The molecular formula is C20H22O3. The monoisotopic (exact) mass is 310 g/mol. The van der Waals surface area contributed by atoms with Crippen molar-refractivity contribution in [2.24, 2.45) is 5.41 Å². The number of carbonyl (C=O) groups is 2. The average Bonchev–Trinajstić information content (AvgIpc) is 2.53. The lowest BCUT2D eigenvalue weighted by atomic mass is 9.84. The zero-order chi connectivity index (χ0) is 16.9. The Bertz CT molecular complexity index is 654. The van der Waals surface area contributed by atoms with Crippen LogP contribution in [-0.2, 0) is 20.7 Å².